The van der Waals surface area contributed by atoms with Crippen LogP contribution in [-0.2, 0) is 0 Å². The molecule has 10 heteroatoms. The van der Waals surface area contributed by atoms with E-state index < -0.39 is 0 Å². The number of hydrogen-bond donors (Lipinski definition) is 1. The van der Waals surface area contributed by atoms with Crippen molar-refractivity contribution in [1.82, 2.24) is 24.8 Å². The Bertz CT molecular complexity index is 1320. The number of carbonyl (C=O) groups is 2. The van der Waals surface area contributed by atoms with Crippen LogP contribution in [0.3, 0.4) is 0 Å². The summed E-state index contributed by atoms with van der Waals surface area (Å²) in [6, 6.07) is 16.5. The van der Waals surface area contributed by atoms with E-state index in [2.05, 4.69) is 20.3 Å². The SMILES string of the molecule is O=C(c1ccc(Nc2nccc(-c3ccc(Cl)cc3)n2)cc1)N1CCN(C(=O)c2cncs2)CC1. The van der Waals surface area contributed by atoms with E-state index in [-0.39, 0.29) is 11.8 Å². The van der Waals surface area contributed by atoms with E-state index in [1.165, 1.54) is 11.3 Å². The van der Waals surface area contributed by atoms with E-state index in [9.17, 15) is 9.59 Å². The van der Waals surface area contributed by atoms with E-state index in [1.807, 2.05) is 42.5 Å². The van der Waals surface area contributed by atoms with Crippen molar-refractivity contribution in [3.63, 3.8) is 0 Å². The molecule has 0 spiro atoms. The van der Waals surface area contributed by atoms with Crippen LogP contribution < -0.4 is 5.32 Å². The molecular formula is C25H21ClN6O2S. The number of rotatable bonds is 5. The van der Waals surface area contributed by atoms with Crippen LogP contribution in [0.5, 0.6) is 0 Å². The average molecular weight is 505 g/mol. The van der Waals surface area contributed by atoms with Gasteiger partial charge in [0.2, 0.25) is 5.95 Å². The molecule has 1 N–H and O–H groups in total. The largest absolute Gasteiger partial charge is 0.335 e. The van der Waals surface area contributed by atoms with Crippen LogP contribution in [0.4, 0.5) is 11.6 Å². The molecule has 176 valence electrons. The molecule has 1 saturated heterocycles. The Kier molecular flexibility index (Phi) is 6.69. The second-order valence-electron chi connectivity index (χ2n) is 7.92. The van der Waals surface area contributed by atoms with Crippen LogP contribution in [0.2, 0.25) is 5.02 Å². The van der Waals surface area contributed by atoms with E-state index in [0.29, 0.717) is 47.6 Å². The molecule has 1 aliphatic rings. The Balaban J connectivity index is 1.19. The van der Waals surface area contributed by atoms with Gasteiger partial charge in [-0.05, 0) is 42.5 Å². The fourth-order valence-corrected chi connectivity index (χ4v) is 4.51. The second kappa shape index (κ2) is 10.2. The average Bonchev–Trinajstić information content (AvgIpc) is 3.44. The first-order valence-electron chi connectivity index (χ1n) is 11.0. The van der Waals surface area contributed by atoms with Crippen molar-refractivity contribution >= 4 is 46.4 Å². The molecule has 0 atom stereocenters. The fourth-order valence-electron chi connectivity index (χ4n) is 3.80. The fraction of sp³-hybridized carbons (Fsp3) is 0.160. The number of halogens is 1. The van der Waals surface area contributed by atoms with E-state index in [0.717, 1.165) is 16.9 Å². The van der Waals surface area contributed by atoms with Crippen LogP contribution in [-0.4, -0.2) is 62.7 Å². The number of aromatic nitrogens is 3. The molecule has 2 aromatic heterocycles. The van der Waals surface area contributed by atoms with Crippen LogP contribution >= 0.6 is 22.9 Å². The number of nitrogens with one attached hydrogen (secondary N) is 1. The van der Waals surface area contributed by atoms with Crippen LogP contribution in [0.25, 0.3) is 11.3 Å². The number of hydrogen-bond acceptors (Lipinski definition) is 7. The molecule has 3 heterocycles. The molecule has 0 bridgehead atoms. The topological polar surface area (TPSA) is 91.3 Å². The molecule has 0 radical (unpaired) electrons. The summed E-state index contributed by atoms with van der Waals surface area (Å²) < 4.78 is 0. The van der Waals surface area contributed by atoms with Crippen LogP contribution in [0.1, 0.15) is 20.0 Å². The number of nitrogens with zero attached hydrogens (tertiary/aromatic N) is 5. The number of piperazine rings is 1. The minimum atomic E-state index is -0.0533. The first-order valence-corrected chi connectivity index (χ1v) is 12.3. The molecule has 2 aromatic carbocycles. The molecule has 1 aliphatic heterocycles. The number of carbonyl (C=O) groups excluding carboxylic acids is 2. The minimum Gasteiger partial charge on any atom is -0.335 e. The van der Waals surface area contributed by atoms with Gasteiger partial charge in [-0.25, -0.2) is 9.97 Å². The highest BCUT2D eigenvalue weighted by atomic mass is 35.5. The first kappa shape index (κ1) is 22.9. The molecular weight excluding hydrogens is 484 g/mol. The third-order valence-corrected chi connectivity index (χ3v) is 6.69. The molecule has 0 saturated carbocycles. The smallest absolute Gasteiger partial charge is 0.265 e. The van der Waals surface area contributed by atoms with Crippen molar-refractivity contribution in [3.05, 3.63) is 88.0 Å². The van der Waals surface area contributed by atoms with Gasteiger partial charge in [0.1, 0.15) is 4.88 Å². The van der Waals surface area contributed by atoms with Gasteiger partial charge < -0.3 is 15.1 Å². The summed E-state index contributed by atoms with van der Waals surface area (Å²) in [7, 11) is 0. The normalized spacial score (nSPS) is 13.5. The highest BCUT2D eigenvalue weighted by Crippen LogP contribution is 2.22. The molecule has 0 aliphatic carbocycles. The Hall–Kier alpha value is -3.82. The second-order valence-corrected chi connectivity index (χ2v) is 9.25. The number of thiazole rings is 1. The van der Waals surface area contributed by atoms with Crippen LogP contribution in [0, 0.1) is 0 Å². The van der Waals surface area contributed by atoms with Gasteiger partial charge >= 0.3 is 0 Å². The Morgan fingerprint density at radius 1 is 0.886 bits per heavy atom. The summed E-state index contributed by atoms with van der Waals surface area (Å²) in [6.45, 7) is 2.00. The third-order valence-electron chi connectivity index (χ3n) is 5.68. The Morgan fingerprint density at radius 2 is 1.57 bits per heavy atom. The van der Waals surface area contributed by atoms with Crippen molar-refractivity contribution in [2.45, 2.75) is 0 Å². The highest BCUT2D eigenvalue weighted by molar-refractivity contribution is 7.11. The Labute approximate surface area is 211 Å². The third kappa shape index (κ3) is 5.31. The highest BCUT2D eigenvalue weighted by Gasteiger charge is 2.26. The van der Waals surface area contributed by atoms with Gasteiger partial charge in [0, 0.05) is 54.2 Å². The summed E-state index contributed by atoms with van der Waals surface area (Å²) >= 11 is 7.30. The lowest BCUT2D eigenvalue weighted by Crippen LogP contribution is -2.50. The predicted octanol–water partition coefficient (Wildman–Crippen LogP) is 4.60. The van der Waals surface area contributed by atoms with E-state index in [1.54, 1.807) is 39.8 Å². The molecule has 35 heavy (non-hydrogen) atoms. The number of anilines is 2. The molecule has 0 unspecified atom stereocenters. The van der Waals surface area contributed by atoms with Gasteiger partial charge in [-0.15, -0.1) is 11.3 Å². The number of amides is 2. The van der Waals surface area contributed by atoms with Gasteiger partial charge in [-0.1, -0.05) is 23.7 Å². The van der Waals surface area contributed by atoms with Gasteiger partial charge in [-0.3, -0.25) is 14.6 Å². The van der Waals surface area contributed by atoms with E-state index >= 15 is 0 Å². The zero-order valence-corrected chi connectivity index (χ0v) is 20.2. The lowest BCUT2D eigenvalue weighted by molar-refractivity contribution is 0.0538. The summed E-state index contributed by atoms with van der Waals surface area (Å²) in [5.41, 5.74) is 4.73. The van der Waals surface area contributed by atoms with Crippen molar-refractivity contribution < 1.29 is 9.59 Å². The summed E-state index contributed by atoms with van der Waals surface area (Å²) in [6.07, 6.45) is 3.27. The Morgan fingerprint density at radius 3 is 2.23 bits per heavy atom. The van der Waals surface area contributed by atoms with Gasteiger partial charge in [0.15, 0.2) is 0 Å². The molecule has 4 aromatic rings. The predicted molar refractivity (Wildman–Crippen MR) is 136 cm³/mol. The zero-order chi connectivity index (χ0) is 24.2. The van der Waals surface area contributed by atoms with Crippen LogP contribution in [0.15, 0.2) is 72.5 Å². The summed E-state index contributed by atoms with van der Waals surface area (Å²) in [5, 5.41) is 3.85. The van der Waals surface area contributed by atoms with Crippen molar-refractivity contribution in [3.8, 4) is 11.3 Å². The van der Waals surface area contributed by atoms with E-state index in [4.69, 9.17) is 11.6 Å². The van der Waals surface area contributed by atoms with Crippen molar-refractivity contribution in [1.29, 1.82) is 0 Å². The molecule has 5 rings (SSSR count). The maximum atomic E-state index is 13.0. The lowest BCUT2D eigenvalue weighted by Gasteiger charge is -2.34. The van der Waals surface area contributed by atoms with Gasteiger partial charge in [0.25, 0.3) is 11.8 Å². The summed E-state index contributed by atoms with van der Waals surface area (Å²) in [4.78, 5) is 42.4. The quantitative estimate of drug-likeness (QED) is 0.427. The maximum Gasteiger partial charge on any atom is 0.265 e. The monoisotopic (exact) mass is 504 g/mol. The number of benzene rings is 2. The maximum absolute atomic E-state index is 13.0. The minimum absolute atomic E-state index is 0.0302. The lowest BCUT2D eigenvalue weighted by atomic mass is 10.1. The molecule has 2 amide bonds. The van der Waals surface area contributed by atoms with Crippen molar-refractivity contribution in [2.24, 2.45) is 0 Å². The standard InChI is InChI=1S/C25H21ClN6O2S/c26-19-5-1-17(2-6-19)21-9-10-28-25(30-21)29-20-7-3-18(4-8-20)23(33)31-11-13-32(14-12-31)24(34)22-15-27-16-35-22/h1-10,15-16H,11-14H2,(H,28,29,30). The van der Waals surface area contributed by atoms with Gasteiger partial charge in [-0.2, -0.15) is 0 Å². The molecule has 8 nitrogen and oxygen atoms in total. The molecule has 1 fully saturated rings. The van der Waals surface area contributed by atoms with Gasteiger partial charge in [0.05, 0.1) is 17.4 Å². The zero-order valence-electron chi connectivity index (χ0n) is 18.6. The summed E-state index contributed by atoms with van der Waals surface area (Å²) in [5.74, 6) is 0.373. The first-order chi connectivity index (χ1) is 17.1. The van der Waals surface area contributed by atoms with Crippen molar-refractivity contribution in [2.75, 3.05) is 31.5 Å².